The van der Waals surface area contributed by atoms with E-state index < -0.39 is 0 Å². The molecule has 0 spiro atoms. The molecule has 1 aromatic heterocycles. The molecule has 1 N–H and O–H groups in total. The first-order valence-electron chi connectivity index (χ1n) is 3.39. The summed E-state index contributed by atoms with van der Waals surface area (Å²) in [4.78, 5) is 0. The lowest BCUT2D eigenvalue weighted by Crippen LogP contribution is -2.40. The minimum absolute atomic E-state index is 0.785. The first kappa shape index (κ1) is 7.29. The minimum atomic E-state index is 0.785. The molecule has 0 bridgehead atoms. The molecule has 0 unspecified atom stereocenters. The van der Waals surface area contributed by atoms with Crippen LogP contribution in [-0.4, -0.2) is 28.6 Å². The maximum Gasteiger partial charge on any atom is 0.248 e. The van der Waals surface area contributed by atoms with Crippen LogP contribution >= 0.6 is 11.3 Å². The fourth-order valence-electron chi connectivity index (χ4n) is 0.836. The number of hydrogen-bond acceptors (Lipinski definition) is 7. The van der Waals surface area contributed by atoms with Gasteiger partial charge in [0.25, 0.3) is 0 Å². The normalized spacial score (nSPS) is 15.5. The Hall–Kier alpha value is -1.37. The monoisotopic (exact) mass is 184 g/mol. The van der Waals surface area contributed by atoms with Gasteiger partial charge in [0.05, 0.1) is 0 Å². The van der Waals surface area contributed by atoms with Gasteiger partial charge in [-0.3, -0.25) is 5.01 Å². The van der Waals surface area contributed by atoms with Crippen LogP contribution in [0, 0.1) is 6.92 Å². The highest BCUT2D eigenvalue weighted by molar-refractivity contribution is 7.15. The van der Waals surface area contributed by atoms with Gasteiger partial charge in [-0.15, -0.1) is 20.4 Å². The van der Waals surface area contributed by atoms with E-state index in [9.17, 15) is 0 Å². The summed E-state index contributed by atoms with van der Waals surface area (Å²) in [5.74, 6) is 0. The maximum atomic E-state index is 3.96. The summed E-state index contributed by atoms with van der Waals surface area (Å²) < 4.78 is 0. The number of nitrogens with zero attached hydrogens (tertiary/aromatic N) is 5. The second kappa shape index (κ2) is 2.59. The van der Waals surface area contributed by atoms with Crippen LogP contribution in [-0.2, 0) is 0 Å². The van der Waals surface area contributed by atoms with Crippen LogP contribution in [0.2, 0.25) is 0 Å². The van der Waals surface area contributed by atoms with Gasteiger partial charge in [0, 0.05) is 7.05 Å². The van der Waals surface area contributed by atoms with Crippen LogP contribution in [0.5, 0.6) is 0 Å². The van der Waals surface area contributed by atoms with Gasteiger partial charge in [-0.05, 0) is 6.92 Å². The Morgan fingerprint density at radius 2 is 2.33 bits per heavy atom. The zero-order chi connectivity index (χ0) is 8.55. The number of hydrazine groups is 2. The summed E-state index contributed by atoms with van der Waals surface area (Å²) in [7, 11) is 1.88. The van der Waals surface area contributed by atoms with Crippen LogP contribution in [0.25, 0.3) is 0 Å². The smallest absolute Gasteiger partial charge is 0.248 e. The van der Waals surface area contributed by atoms with Crippen molar-refractivity contribution in [2.75, 3.05) is 12.2 Å². The predicted octanol–water partition coefficient (Wildman–Crippen LogP) is -0.0388. The van der Waals surface area contributed by atoms with Crippen molar-refractivity contribution in [3.8, 4) is 0 Å². The molecule has 0 saturated heterocycles. The van der Waals surface area contributed by atoms with Gasteiger partial charge in [0.15, 0.2) is 0 Å². The molecule has 0 aromatic carbocycles. The van der Waals surface area contributed by atoms with Crippen molar-refractivity contribution in [3.05, 3.63) is 5.01 Å². The fraction of sp³-hybridized carbons (Fsp3) is 0.400. The van der Waals surface area contributed by atoms with Crippen molar-refractivity contribution in [1.29, 1.82) is 0 Å². The van der Waals surface area contributed by atoms with Crippen molar-refractivity contribution in [3.63, 3.8) is 0 Å². The van der Waals surface area contributed by atoms with Crippen molar-refractivity contribution >= 4 is 22.8 Å². The van der Waals surface area contributed by atoms with Gasteiger partial charge in [0.2, 0.25) is 5.13 Å². The second-order valence-electron chi connectivity index (χ2n) is 2.33. The molecule has 0 fully saturated rings. The first-order chi connectivity index (χ1) is 5.77. The third-order valence-electron chi connectivity index (χ3n) is 1.39. The van der Waals surface area contributed by atoms with E-state index >= 15 is 0 Å². The lowest BCUT2D eigenvalue weighted by atomic mass is 10.9. The quantitative estimate of drug-likeness (QED) is 0.663. The van der Waals surface area contributed by atoms with Gasteiger partial charge in [-0.25, -0.2) is 0 Å². The molecular formula is C5H8N6S. The summed E-state index contributed by atoms with van der Waals surface area (Å²) in [6, 6.07) is 0. The van der Waals surface area contributed by atoms with E-state index in [-0.39, 0.29) is 0 Å². The topological polar surface area (TPSA) is 56.7 Å². The molecule has 2 rings (SSSR count). The number of nitrogens with one attached hydrogen (secondary N) is 1. The molecule has 12 heavy (non-hydrogen) atoms. The number of aromatic nitrogens is 2. The van der Waals surface area contributed by atoms with Crippen molar-refractivity contribution in [1.82, 2.24) is 20.7 Å². The number of anilines is 1. The zero-order valence-corrected chi connectivity index (χ0v) is 7.54. The Morgan fingerprint density at radius 3 is 2.83 bits per heavy atom. The van der Waals surface area contributed by atoms with Crippen LogP contribution in [0.3, 0.4) is 0 Å². The van der Waals surface area contributed by atoms with Gasteiger partial charge in [0.1, 0.15) is 11.3 Å². The summed E-state index contributed by atoms with van der Waals surface area (Å²) in [6.07, 6.45) is 1.66. The van der Waals surface area contributed by atoms with E-state index in [2.05, 4.69) is 20.8 Å². The molecular weight excluding hydrogens is 176 g/mol. The summed E-state index contributed by atoms with van der Waals surface area (Å²) in [6.45, 7) is 1.91. The molecule has 0 amide bonds. The number of hydrogen-bond donors (Lipinski definition) is 1. The van der Waals surface area contributed by atoms with E-state index in [1.807, 2.05) is 14.0 Å². The number of aryl methyl sites for hydroxylation is 1. The summed E-state index contributed by atoms with van der Waals surface area (Å²) in [5, 5.41) is 16.9. The molecule has 7 heteroatoms. The van der Waals surface area contributed by atoms with Gasteiger partial charge in [-0.2, -0.15) is 5.53 Å². The lowest BCUT2D eigenvalue weighted by Gasteiger charge is -2.20. The lowest BCUT2D eigenvalue weighted by molar-refractivity contribution is 0.448. The largest absolute Gasteiger partial charge is 0.253 e. The van der Waals surface area contributed by atoms with Crippen LogP contribution in [0.15, 0.2) is 5.10 Å². The molecule has 1 aromatic rings. The minimum Gasteiger partial charge on any atom is -0.253 e. The molecule has 1 aliphatic heterocycles. The van der Waals surface area contributed by atoms with Crippen LogP contribution < -0.4 is 10.7 Å². The SMILES string of the molecule is Cc1nnc(N2NN=CN2C)s1. The molecule has 6 nitrogen and oxygen atoms in total. The number of hydrazone groups is 1. The highest BCUT2D eigenvalue weighted by atomic mass is 32.1. The fourth-order valence-corrected chi connectivity index (χ4v) is 1.52. The van der Waals surface area contributed by atoms with E-state index in [1.54, 1.807) is 16.5 Å². The molecule has 0 saturated carbocycles. The van der Waals surface area contributed by atoms with Gasteiger partial charge >= 0.3 is 0 Å². The molecule has 0 aliphatic carbocycles. The van der Waals surface area contributed by atoms with Crippen molar-refractivity contribution in [2.24, 2.45) is 5.10 Å². The highest BCUT2D eigenvalue weighted by Gasteiger charge is 2.17. The zero-order valence-electron chi connectivity index (χ0n) is 6.72. The van der Waals surface area contributed by atoms with E-state index in [0.717, 1.165) is 10.1 Å². The molecule has 64 valence electrons. The summed E-state index contributed by atoms with van der Waals surface area (Å²) >= 11 is 1.51. The van der Waals surface area contributed by atoms with E-state index in [0.29, 0.717) is 0 Å². The molecule has 1 aliphatic rings. The summed E-state index contributed by atoms with van der Waals surface area (Å²) in [5.41, 5.74) is 2.77. The van der Waals surface area contributed by atoms with Gasteiger partial charge < -0.3 is 0 Å². The highest BCUT2D eigenvalue weighted by Crippen LogP contribution is 2.19. The third kappa shape index (κ3) is 1.07. The number of rotatable bonds is 1. The van der Waals surface area contributed by atoms with Crippen molar-refractivity contribution < 1.29 is 0 Å². The van der Waals surface area contributed by atoms with Crippen LogP contribution in [0.1, 0.15) is 5.01 Å². The average molecular weight is 184 g/mol. The molecule has 0 radical (unpaired) electrons. The Morgan fingerprint density at radius 1 is 1.50 bits per heavy atom. The van der Waals surface area contributed by atoms with Crippen LogP contribution in [0.4, 0.5) is 5.13 Å². The standard InChI is InChI=1S/C5H8N6S/c1-4-7-8-5(12-4)11-9-6-3-10(11)2/h3,9H,1-2H3. The third-order valence-corrected chi connectivity index (χ3v) is 2.20. The Kier molecular flexibility index (Phi) is 1.58. The maximum absolute atomic E-state index is 3.96. The predicted molar refractivity (Wildman–Crippen MR) is 46.5 cm³/mol. The van der Waals surface area contributed by atoms with E-state index in [1.165, 1.54) is 11.3 Å². The van der Waals surface area contributed by atoms with Gasteiger partial charge in [-0.1, -0.05) is 11.3 Å². The molecule has 2 heterocycles. The van der Waals surface area contributed by atoms with Crippen molar-refractivity contribution in [2.45, 2.75) is 6.92 Å². The Balaban J connectivity index is 2.21. The Labute approximate surface area is 73.4 Å². The second-order valence-corrected chi connectivity index (χ2v) is 3.49. The van der Waals surface area contributed by atoms with E-state index in [4.69, 9.17) is 0 Å². The molecule has 0 atom stereocenters. The average Bonchev–Trinajstić information content (AvgIpc) is 2.58. The Bertz CT molecular complexity index is 307. The first-order valence-corrected chi connectivity index (χ1v) is 4.21.